The summed E-state index contributed by atoms with van der Waals surface area (Å²) >= 11 is 0. The monoisotopic (exact) mass is 149 g/mol. The molecule has 0 amide bonds. The Hall–Kier alpha value is -1.03. The first-order chi connectivity index (χ1) is 5.24. The lowest BCUT2D eigenvalue weighted by molar-refractivity contribution is 0.496. The van der Waals surface area contributed by atoms with Gasteiger partial charge in [0.1, 0.15) is 0 Å². The maximum Gasteiger partial charge on any atom is 0.0782 e. The van der Waals surface area contributed by atoms with Crippen LogP contribution in [-0.2, 0) is 0 Å². The number of nitrogens with zero attached hydrogens (tertiary/aromatic N) is 1. The fraction of sp³-hybridized carbons (Fsp3) is 0.500. The van der Waals surface area contributed by atoms with Crippen molar-refractivity contribution in [2.45, 2.75) is 26.7 Å². The maximum atomic E-state index is 8.85. The van der Waals surface area contributed by atoms with Gasteiger partial charge in [-0.05, 0) is 19.8 Å². The van der Waals surface area contributed by atoms with Gasteiger partial charge in [0.15, 0.2) is 0 Å². The lowest BCUT2D eigenvalue weighted by Gasteiger charge is -2.17. The molecule has 0 bridgehead atoms. The van der Waals surface area contributed by atoms with E-state index in [4.69, 9.17) is 5.26 Å². The van der Waals surface area contributed by atoms with E-state index in [9.17, 15) is 0 Å². The molecule has 0 aliphatic heterocycles. The molecule has 0 radical (unpaired) electrons. The molecule has 0 spiro atoms. The number of allylic oxidation sites excluding steroid dienone is 3. The summed E-state index contributed by atoms with van der Waals surface area (Å²) in [6, 6.07) is 2.28. The molecule has 0 saturated heterocycles. The van der Waals surface area contributed by atoms with Crippen LogP contribution in [0.1, 0.15) is 26.7 Å². The van der Waals surface area contributed by atoms with Crippen LogP contribution < -0.4 is 0 Å². The highest BCUT2D eigenvalue weighted by Gasteiger charge is 2.21. The quantitative estimate of drug-likeness (QED) is 0.563. The van der Waals surface area contributed by atoms with E-state index in [0.29, 0.717) is 0 Å². The molecule has 0 N–H and O–H groups in total. The Bertz CT molecular complexity index is 186. The number of nitriles is 1. The van der Waals surface area contributed by atoms with E-state index in [1.807, 2.05) is 26.0 Å². The van der Waals surface area contributed by atoms with Gasteiger partial charge in [0, 0.05) is 0 Å². The first kappa shape index (κ1) is 9.97. The van der Waals surface area contributed by atoms with Crippen molar-refractivity contribution >= 4 is 0 Å². The van der Waals surface area contributed by atoms with E-state index in [1.165, 1.54) is 0 Å². The number of hydrogen-bond acceptors (Lipinski definition) is 1. The van der Waals surface area contributed by atoms with Crippen LogP contribution in [0.3, 0.4) is 0 Å². The van der Waals surface area contributed by atoms with E-state index < -0.39 is 0 Å². The smallest absolute Gasteiger partial charge is 0.0782 e. The Morgan fingerprint density at radius 2 is 2.27 bits per heavy atom. The van der Waals surface area contributed by atoms with Gasteiger partial charge in [-0.2, -0.15) is 5.26 Å². The molecular weight excluding hydrogens is 134 g/mol. The molecule has 1 nitrogen and oxygen atoms in total. The Morgan fingerprint density at radius 3 is 2.55 bits per heavy atom. The van der Waals surface area contributed by atoms with Gasteiger partial charge in [-0.1, -0.05) is 25.2 Å². The van der Waals surface area contributed by atoms with Gasteiger partial charge in [0.05, 0.1) is 11.5 Å². The number of rotatable bonds is 4. The summed E-state index contributed by atoms with van der Waals surface area (Å²) in [4.78, 5) is 0. The van der Waals surface area contributed by atoms with Crippen molar-refractivity contribution in [3.63, 3.8) is 0 Å². The first-order valence-electron chi connectivity index (χ1n) is 3.90. The van der Waals surface area contributed by atoms with Gasteiger partial charge in [0.2, 0.25) is 0 Å². The second kappa shape index (κ2) is 4.73. The Labute approximate surface area is 69.0 Å². The Morgan fingerprint density at radius 1 is 1.64 bits per heavy atom. The van der Waals surface area contributed by atoms with Crippen molar-refractivity contribution in [3.8, 4) is 6.07 Å². The Balaban J connectivity index is 4.32. The second-order valence-electron chi connectivity index (χ2n) is 2.60. The molecule has 0 rings (SSSR count). The molecule has 0 fully saturated rings. The van der Waals surface area contributed by atoms with Crippen molar-refractivity contribution in [2.75, 3.05) is 0 Å². The highest BCUT2D eigenvalue weighted by atomic mass is 14.3. The zero-order valence-electron chi connectivity index (χ0n) is 7.30. The molecule has 60 valence electrons. The highest BCUT2D eigenvalue weighted by molar-refractivity contribution is 5.12. The predicted molar refractivity (Wildman–Crippen MR) is 48.0 cm³/mol. The molecule has 0 aromatic heterocycles. The van der Waals surface area contributed by atoms with Crippen LogP contribution in [0.15, 0.2) is 24.8 Å². The van der Waals surface area contributed by atoms with Gasteiger partial charge in [-0.3, -0.25) is 0 Å². The lowest BCUT2D eigenvalue weighted by atomic mass is 9.83. The van der Waals surface area contributed by atoms with Crippen LogP contribution in [0.2, 0.25) is 0 Å². The summed E-state index contributed by atoms with van der Waals surface area (Å²) in [5, 5.41) is 8.85. The lowest BCUT2D eigenvalue weighted by Crippen LogP contribution is -2.11. The highest BCUT2D eigenvalue weighted by Crippen LogP contribution is 2.26. The van der Waals surface area contributed by atoms with Crippen molar-refractivity contribution in [1.82, 2.24) is 0 Å². The molecule has 1 atom stereocenters. The predicted octanol–water partition coefficient (Wildman–Crippen LogP) is 3.06. The molecular formula is C10H15N. The Kier molecular flexibility index (Phi) is 4.29. The minimum Gasteiger partial charge on any atom is -0.197 e. The van der Waals surface area contributed by atoms with Crippen LogP contribution >= 0.6 is 0 Å². The third-order valence-corrected chi connectivity index (χ3v) is 1.96. The molecule has 0 heterocycles. The van der Waals surface area contributed by atoms with Crippen LogP contribution in [0.5, 0.6) is 0 Å². The maximum absolute atomic E-state index is 8.85. The molecule has 0 aliphatic rings. The fourth-order valence-corrected chi connectivity index (χ4v) is 0.871. The molecule has 0 saturated carbocycles. The minimum absolute atomic E-state index is 0.341. The normalized spacial score (nSPS) is 15.7. The van der Waals surface area contributed by atoms with Crippen molar-refractivity contribution < 1.29 is 0 Å². The minimum atomic E-state index is -0.341. The zero-order chi connectivity index (χ0) is 8.74. The molecule has 0 aliphatic carbocycles. The summed E-state index contributed by atoms with van der Waals surface area (Å²) in [6.45, 7) is 7.64. The second-order valence-corrected chi connectivity index (χ2v) is 2.60. The van der Waals surface area contributed by atoms with Crippen LogP contribution in [0.4, 0.5) is 0 Å². The average molecular weight is 149 g/mol. The third-order valence-electron chi connectivity index (χ3n) is 1.96. The standard InChI is InChI=1S/C10H15N/c1-4-7-8-10(5-2,6-3)9-11/h4-5,7H,2,6,8H2,1,3H3/b7-4+. The van der Waals surface area contributed by atoms with Gasteiger partial charge in [0.25, 0.3) is 0 Å². The summed E-state index contributed by atoms with van der Waals surface area (Å²) in [7, 11) is 0. The van der Waals surface area contributed by atoms with Gasteiger partial charge in [-0.15, -0.1) is 6.58 Å². The van der Waals surface area contributed by atoms with E-state index in [0.717, 1.165) is 12.8 Å². The van der Waals surface area contributed by atoms with E-state index >= 15 is 0 Å². The molecule has 1 unspecified atom stereocenters. The van der Waals surface area contributed by atoms with Crippen molar-refractivity contribution in [3.05, 3.63) is 24.8 Å². The van der Waals surface area contributed by atoms with E-state index in [1.54, 1.807) is 6.08 Å². The van der Waals surface area contributed by atoms with E-state index in [2.05, 4.69) is 12.6 Å². The summed E-state index contributed by atoms with van der Waals surface area (Å²) in [5.74, 6) is 0. The zero-order valence-corrected chi connectivity index (χ0v) is 7.30. The molecule has 11 heavy (non-hydrogen) atoms. The van der Waals surface area contributed by atoms with Crippen molar-refractivity contribution in [1.29, 1.82) is 5.26 Å². The van der Waals surface area contributed by atoms with Crippen LogP contribution in [-0.4, -0.2) is 0 Å². The fourth-order valence-electron chi connectivity index (χ4n) is 0.871. The largest absolute Gasteiger partial charge is 0.197 e. The van der Waals surface area contributed by atoms with E-state index in [-0.39, 0.29) is 5.41 Å². The summed E-state index contributed by atoms with van der Waals surface area (Å²) in [6.07, 6.45) is 7.32. The average Bonchev–Trinajstić information content (AvgIpc) is 2.08. The summed E-state index contributed by atoms with van der Waals surface area (Å²) in [5.41, 5.74) is -0.341. The van der Waals surface area contributed by atoms with Gasteiger partial charge < -0.3 is 0 Å². The summed E-state index contributed by atoms with van der Waals surface area (Å²) < 4.78 is 0. The topological polar surface area (TPSA) is 23.8 Å². The van der Waals surface area contributed by atoms with Crippen LogP contribution in [0.25, 0.3) is 0 Å². The molecule has 0 aromatic carbocycles. The number of hydrogen-bond donors (Lipinski definition) is 0. The first-order valence-corrected chi connectivity index (χ1v) is 3.90. The van der Waals surface area contributed by atoms with Gasteiger partial charge in [-0.25, -0.2) is 0 Å². The van der Waals surface area contributed by atoms with Crippen molar-refractivity contribution in [2.24, 2.45) is 5.41 Å². The SMILES string of the molecule is C=CC(C#N)(CC)C/C=C/C. The third kappa shape index (κ3) is 2.59. The van der Waals surface area contributed by atoms with Gasteiger partial charge >= 0.3 is 0 Å². The molecule has 0 aromatic rings. The molecule has 1 heteroatoms. The van der Waals surface area contributed by atoms with Crippen LogP contribution in [0, 0.1) is 16.7 Å².